The number of nitrogens with one attached hydrogen (secondary N) is 1. The molecule has 96 valence electrons. The molecule has 0 radical (unpaired) electrons. The van der Waals surface area contributed by atoms with E-state index < -0.39 is 6.10 Å². The maximum Gasteiger partial charge on any atom is 0.181 e. The highest BCUT2D eigenvalue weighted by Gasteiger charge is 2.22. The summed E-state index contributed by atoms with van der Waals surface area (Å²) in [4.78, 5) is 0. The first-order valence-electron chi connectivity index (χ1n) is 6.67. The number of nitriles is 1. The van der Waals surface area contributed by atoms with Crippen molar-refractivity contribution in [3.8, 4) is 11.8 Å². The number of benzene rings is 1. The number of rotatable bonds is 4. The molecular weight excluding hydrogens is 224 g/mol. The number of nitrogens with zero attached hydrogens (tertiary/aromatic N) is 1. The van der Waals surface area contributed by atoms with Crippen LogP contribution in [0.1, 0.15) is 43.9 Å². The zero-order chi connectivity index (χ0) is 13.0. The molecule has 1 aromatic rings. The minimum Gasteiger partial charge on any atom is -0.476 e. The summed E-state index contributed by atoms with van der Waals surface area (Å²) in [5.41, 5.74) is 2.61. The van der Waals surface area contributed by atoms with Crippen LogP contribution < -0.4 is 10.1 Å². The first kappa shape index (κ1) is 12.9. The molecule has 0 bridgehead atoms. The summed E-state index contributed by atoms with van der Waals surface area (Å²) in [6.45, 7) is 4.89. The SMILES string of the molecule is CCNC1CCCc2c(OC(C)C#N)cccc21. The maximum atomic E-state index is 8.85. The summed E-state index contributed by atoms with van der Waals surface area (Å²) in [5, 5.41) is 12.4. The van der Waals surface area contributed by atoms with Gasteiger partial charge in [0.25, 0.3) is 0 Å². The van der Waals surface area contributed by atoms with Crippen molar-refractivity contribution in [2.24, 2.45) is 0 Å². The minimum atomic E-state index is -0.393. The van der Waals surface area contributed by atoms with E-state index in [1.807, 2.05) is 12.1 Å². The molecule has 1 aliphatic rings. The summed E-state index contributed by atoms with van der Waals surface area (Å²) >= 11 is 0. The fraction of sp³-hybridized carbons (Fsp3) is 0.533. The zero-order valence-electron chi connectivity index (χ0n) is 11.1. The second kappa shape index (κ2) is 5.88. The van der Waals surface area contributed by atoms with Gasteiger partial charge in [0.15, 0.2) is 6.10 Å². The number of fused-ring (bicyclic) bond motifs is 1. The van der Waals surface area contributed by atoms with Gasteiger partial charge in [0.05, 0.1) is 0 Å². The largest absolute Gasteiger partial charge is 0.476 e. The third-order valence-corrected chi connectivity index (χ3v) is 3.40. The molecule has 0 saturated carbocycles. The summed E-state index contributed by atoms with van der Waals surface area (Å²) in [6.07, 6.45) is 3.01. The summed E-state index contributed by atoms with van der Waals surface area (Å²) in [6, 6.07) is 8.72. The molecule has 2 rings (SSSR count). The molecule has 0 aromatic heterocycles. The molecule has 0 aliphatic heterocycles. The van der Waals surface area contributed by atoms with Gasteiger partial charge in [-0.25, -0.2) is 0 Å². The van der Waals surface area contributed by atoms with E-state index in [9.17, 15) is 0 Å². The first-order valence-corrected chi connectivity index (χ1v) is 6.67. The molecule has 0 saturated heterocycles. The van der Waals surface area contributed by atoms with Crippen LogP contribution in [0.25, 0.3) is 0 Å². The van der Waals surface area contributed by atoms with Gasteiger partial charge in [-0.2, -0.15) is 5.26 Å². The molecule has 0 amide bonds. The molecule has 0 heterocycles. The van der Waals surface area contributed by atoms with Crippen LogP contribution in [-0.2, 0) is 6.42 Å². The van der Waals surface area contributed by atoms with E-state index in [2.05, 4.69) is 24.4 Å². The molecule has 3 nitrogen and oxygen atoms in total. The molecule has 0 spiro atoms. The molecule has 18 heavy (non-hydrogen) atoms. The zero-order valence-corrected chi connectivity index (χ0v) is 11.1. The molecular formula is C15H20N2O. The maximum absolute atomic E-state index is 8.85. The van der Waals surface area contributed by atoms with Gasteiger partial charge < -0.3 is 10.1 Å². The van der Waals surface area contributed by atoms with Gasteiger partial charge >= 0.3 is 0 Å². The van der Waals surface area contributed by atoms with Crippen molar-refractivity contribution in [3.05, 3.63) is 29.3 Å². The Labute approximate surface area is 109 Å². The second-order valence-electron chi connectivity index (χ2n) is 4.72. The first-order chi connectivity index (χ1) is 8.76. The van der Waals surface area contributed by atoms with Crippen LogP contribution in [0.15, 0.2) is 18.2 Å². The lowest BCUT2D eigenvalue weighted by Crippen LogP contribution is -2.25. The van der Waals surface area contributed by atoms with Gasteiger partial charge in [0.2, 0.25) is 0 Å². The van der Waals surface area contributed by atoms with E-state index in [1.165, 1.54) is 24.0 Å². The fourth-order valence-corrected chi connectivity index (χ4v) is 2.60. The molecule has 0 fully saturated rings. The Morgan fingerprint density at radius 3 is 3.11 bits per heavy atom. The Balaban J connectivity index is 2.29. The monoisotopic (exact) mass is 244 g/mol. The molecule has 2 unspecified atom stereocenters. The lowest BCUT2D eigenvalue weighted by Gasteiger charge is -2.28. The predicted molar refractivity (Wildman–Crippen MR) is 71.5 cm³/mol. The Bertz CT molecular complexity index is 450. The van der Waals surface area contributed by atoms with E-state index in [1.54, 1.807) is 6.92 Å². The van der Waals surface area contributed by atoms with Crippen LogP contribution in [-0.4, -0.2) is 12.6 Å². The van der Waals surface area contributed by atoms with Crippen LogP contribution in [0.5, 0.6) is 5.75 Å². The van der Waals surface area contributed by atoms with Crippen molar-refractivity contribution in [3.63, 3.8) is 0 Å². The van der Waals surface area contributed by atoms with Gasteiger partial charge in [0, 0.05) is 6.04 Å². The van der Waals surface area contributed by atoms with Crippen LogP contribution in [0.3, 0.4) is 0 Å². The Morgan fingerprint density at radius 2 is 2.39 bits per heavy atom. The molecule has 1 aliphatic carbocycles. The summed E-state index contributed by atoms with van der Waals surface area (Å²) in [5.74, 6) is 0.879. The Kier molecular flexibility index (Phi) is 4.22. The van der Waals surface area contributed by atoms with E-state index >= 15 is 0 Å². The van der Waals surface area contributed by atoms with Crippen molar-refractivity contribution in [2.45, 2.75) is 45.3 Å². The quantitative estimate of drug-likeness (QED) is 0.885. The van der Waals surface area contributed by atoms with Crippen molar-refractivity contribution in [1.82, 2.24) is 5.32 Å². The van der Waals surface area contributed by atoms with Gasteiger partial charge in [-0.05, 0) is 49.9 Å². The van der Waals surface area contributed by atoms with Crippen molar-refractivity contribution < 1.29 is 4.74 Å². The van der Waals surface area contributed by atoms with Crippen molar-refractivity contribution >= 4 is 0 Å². The van der Waals surface area contributed by atoms with Crippen LogP contribution in [0.2, 0.25) is 0 Å². The van der Waals surface area contributed by atoms with Gasteiger partial charge in [-0.15, -0.1) is 0 Å². The molecule has 3 heteroatoms. The van der Waals surface area contributed by atoms with Gasteiger partial charge in [-0.1, -0.05) is 19.1 Å². The van der Waals surface area contributed by atoms with E-state index in [4.69, 9.17) is 10.00 Å². The topological polar surface area (TPSA) is 45.0 Å². The highest BCUT2D eigenvalue weighted by Crippen LogP contribution is 2.35. The average molecular weight is 244 g/mol. The van der Waals surface area contributed by atoms with Crippen LogP contribution >= 0.6 is 0 Å². The van der Waals surface area contributed by atoms with Gasteiger partial charge in [0.1, 0.15) is 11.8 Å². The number of hydrogen-bond donors (Lipinski definition) is 1. The molecule has 1 N–H and O–H groups in total. The van der Waals surface area contributed by atoms with Crippen molar-refractivity contribution in [1.29, 1.82) is 5.26 Å². The highest BCUT2D eigenvalue weighted by atomic mass is 16.5. The molecule has 1 aromatic carbocycles. The minimum absolute atomic E-state index is 0.393. The van der Waals surface area contributed by atoms with E-state index in [-0.39, 0.29) is 0 Å². The fourth-order valence-electron chi connectivity index (χ4n) is 2.60. The lowest BCUT2D eigenvalue weighted by atomic mass is 9.87. The highest BCUT2D eigenvalue weighted by molar-refractivity contribution is 5.43. The summed E-state index contributed by atoms with van der Waals surface area (Å²) < 4.78 is 5.70. The average Bonchev–Trinajstić information content (AvgIpc) is 2.40. The predicted octanol–water partition coefficient (Wildman–Crippen LogP) is 2.96. The lowest BCUT2D eigenvalue weighted by molar-refractivity contribution is 0.271. The third kappa shape index (κ3) is 2.65. The Morgan fingerprint density at radius 1 is 1.56 bits per heavy atom. The van der Waals surface area contributed by atoms with Crippen LogP contribution in [0.4, 0.5) is 0 Å². The number of hydrogen-bond acceptors (Lipinski definition) is 3. The molecule has 2 atom stereocenters. The van der Waals surface area contributed by atoms with Crippen molar-refractivity contribution in [2.75, 3.05) is 6.54 Å². The summed E-state index contributed by atoms with van der Waals surface area (Å²) in [7, 11) is 0. The smallest absolute Gasteiger partial charge is 0.181 e. The standard InChI is InChI=1S/C15H20N2O/c1-3-17-14-8-4-7-13-12(14)6-5-9-15(13)18-11(2)10-16/h5-6,9,11,14,17H,3-4,7-8H2,1-2H3. The van der Waals surface area contributed by atoms with Crippen LogP contribution in [0, 0.1) is 11.3 Å². The Hall–Kier alpha value is -1.53. The normalized spacial score (nSPS) is 19.7. The van der Waals surface area contributed by atoms with E-state index in [0.29, 0.717) is 6.04 Å². The van der Waals surface area contributed by atoms with E-state index in [0.717, 1.165) is 18.7 Å². The number of ether oxygens (including phenoxy) is 1. The third-order valence-electron chi connectivity index (χ3n) is 3.40. The van der Waals surface area contributed by atoms with Gasteiger partial charge in [-0.3, -0.25) is 0 Å². The second-order valence-corrected chi connectivity index (χ2v) is 4.72.